The van der Waals surface area contributed by atoms with Crippen molar-refractivity contribution in [2.45, 2.75) is 66.2 Å². The minimum atomic E-state index is 0.604. The molecule has 0 spiro atoms. The monoisotopic (exact) mass is 266 g/mol. The molecule has 0 fully saturated rings. The molecule has 0 aromatic carbocycles. The molecule has 0 aliphatic rings. The van der Waals surface area contributed by atoms with E-state index in [1.165, 1.54) is 5.69 Å². The summed E-state index contributed by atoms with van der Waals surface area (Å²) in [6, 6.07) is 1.21. The van der Waals surface area contributed by atoms with Crippen molar-refractivity contribution in [1.82, 2.24) is 19.8 Å². The van der Waals surface area contributed by atoms with Gasteiger partial charge in [0.05, 0.1) is 12.0 Å². The lowest BCUT2D eigenvalue weighted by Gasteiger charge is -2.30. The number of aryl methyl sites for hydroxylation is 1. The molecule has 0 saturated heterocycles. The van der Waals surface area contributed by atoms with E-state index in [1.807, 2.05) is 12.5 Å². The summed E-state index contributed by atoms with van der Waals surface area (Å²) in [6.07, 6.45) is 5.04. The quantitative estimate of drug-likeness (QED) is 0.697. The Morgan fingerprint density at radius 2 is 1.95 bits per heavy atom. The molecule has 1 aromatic heterocycles. The van der Waals surface area contributed by atoms with Crippen LogP contribution in [0.5, 0.6) is 0 Å². The zero-order chi connectivity index (χ0) is 14.3. The number of aromatic nitrogens is 2. The van der Waals surface area contributed by atoms with Crippen LogP contribution in [-0.4, -0.2) is 39.6 Å². The number of hydrogen-bond donors (Lipinski definition) is 1. The summed E-state index contributed by atoms with van der Waals surface area (Å²) in [7, 11) is 0. The van der Waals surface area contributed by atoms with E-state index in [4.69, 9.17) is 0 Å². The van der Waals surface area contributed by atoms with Crippen LogP contribution in [0, 0.1) is 0 Å². The number of hydrogen-bond acceptors (Lipinski definition) is 3. The second-order valence-corrected chi connectivity index (χ2v) is 5.68. The van der Waals surface area contributed by atoms with Gasteiger partial charge in [0, 0.05) is 44.5 Å². The maximum atomic E-state index is 4.22. The van der Waals surface area contributed by atoms with Crippen LogP contribution in [0.15, 0.2) is 12.5 Å². The molecule has 0 radical (unpaired) electrons. The molecule has 1 rings (SSSR count). The predicted molar refractivity (Wildman–Crippen MR) is 81.2 cm³/mol. The van der Waals surface area contributed by atoms with Gasteiger partial charge in [-0.05, 0) is 34.1 Å². The maximum absolute atomic E-state index is 4.22. The molecule has 4 heteroatoms. The highest BCUT2D eigenvalue weighted by atomic mass is 15.2. The highest BCUT2D eigenvalue weighted by Gasteiger charge is 2.12. The van der Waals surface area contributed by atoms with Crippen LogP contribution in [0.25, 0.3) is 0 Å². The Balaban J connectivity index is 2.31. The van der Waals surface area contributed by atoms with Crippen LogP contribution in [0.4, 0.5) is 0 Å². The van der Waals surface area contributed by atoms with Gasteiger partial charge in [-0.15, -0.1) is 0 Å². The topological polar surface area (TPSA) is 33.1 Å². The second-order valence-electron chi connectivity index (χ2n) is 5.68. The van der Waals surface area contributed by atoms with E-state index < -0.39 is 0 Å². The molecule has 1 heterocycles. The number of rotatable bonds is 9. The third-order valence-corrected chi connectivity index (χ3v) is 3.44. The molecule has 19 heavy (non-hydrogen) atoms. The fourth-order valence-electron chi connectivity index (χ4n) is 2.47. The Bertz CT molecular complexity index is 336. The van der Waals surface area contributed by atoms with E-state index in [1.54, 1.807) is 0 Å². The van der Waals surface area contributed by atoms with E-state index in [9.17, 15) is 0 Å². The SMILES string of the molecule is CCCn1cncc1CNCCN(C(C)C)C(C)C. The van der Waals surface area contributed by atoms with Crippen LogP contribution < -0.4 is 5.32 Å². The number of nitrogens with zero attached hydrogens (tertiary/aromatic N) is 3. The summed E-state index contributed by atoms with van der Waals surface area (Å²) in [4.78, 5) is 6.73. The first-order chi connectivity index (χ1) is 9.06. The fourth-order valence-corrected chi connectivity index (χ4v) is 2.47. The first-order valence-corrected chi connectivity index (χ1v) is 7.51. The Kier molecular flexibility index (Phi) is 7.10. The first-order valence-electron chi connectivity index (χ1n) is 7.51. The van der Waals surface area contributed by atoms with E-state index in [2.05, 4.69) is 54.4 Å². The van der Waals surface area contributed by atoms with Crippen LogP contribution >= 0.6 is 0 Å². The summed E-state index contributed by atoms with van der Waals surface area (Å²) in [5, 5.41) is 3.52. The zero-order valence-electron chi connectivity index (χ0n) is 13.2. The summed E-state index contributed by atoms with van der Waals surface area (Å²) in [6.45, 7) is 15.3. The number of nitrogens with one attached hydrogen (secondary N) is 1. The van der Waals surface area contributed by atoms with Crippen LogP contribution in [0.3, 0.4) is 0 Å². The van der Waals surface area contributed by atoms with Crippen LogP contribution in [0.2, 0.25) is 0 Å². The second kappa shape index (κ2) is 8.33. The van der Waals surface area contributed by atoms with Crippen molar-refractivity contribution in [3.8, 4) is 0 Å². The summed E-state index contributed by atoms with van der Waals surface area (Å²) in [5.41, 5.74) is 1.28. The Hall–Kier alpha value is -0.870. The van der Waals surface area contributed by atoms with Gasteiger partial charge in [0.2, 0.25) is 0 Å². The highest BCUT2D eigenvalue weighted by molar-refractivity contribution is 4.97. The van der Waals surface area contributed by atoms with Gasteiger partial charge in [-0.2, -0.15) is 0 Å². The molecule has 0 atom stereocenters. The first kappa shape index (κ1) is 16.2. The van der Waals surface area contributed by atoms with E-state index in [-0.39, 0.29) is 0 Å². The highest BCUT2D eigenvalue weighted by Crippen LogP contribution is 2.04. The van der Waals surface area contributed by atoms with Gasteiger partial charge < -0.3 is 9.88 Å². The van der Waals surface area contributed by atoms with Crippen molar-refractivity contribution in [2.24, 2.45) is 0 Å². The molecular formula is C15H30N4. The van der Waals surface area contributed by atoms with Gasteiger partial charge in [0.15, 0.2) is 0 Å². The summed E-state index contributed by atoms with van der Waals surface area (Å²) >= 11 is 0. The molecule has 0 saturated carbocycles. The molecule has 0 aliphatic carbocycles. The molecular weight excluding hydrogens is 236 g/mol. The average molecular weight is 266 g/mol. The summed E-state index contributed by atoms with van der Waals surface area (Å²) < 4.78 is 2.23. The third-order valence-electron chi connectivity index (χ3n) is 3.44. The smallest absolute Gasteiger partial charge is 0.0948 e. The Labute approximate surface area is 118 Å². The van der Waals surface area contributed by atoms with Crippen molar-refractivity contribution >= 4 is 0 Å². The fraction of sp³-hybridized carbons (Fsp3) is 0.800. The molecule has 1 N–H and O–H groups in total. The molecule has 110 valence electrons. The Morgan fingerprint density at radius 3 is 2.53 bits per heavy atom. The molecule has 0 bridgehead atoms. The summed E-state index contributed by atoms with van der Waals surface area (Å²) in [5.74, 6) is 0. The zero-order valence-corrected chi connectivity index (χ0v) is 13.2. The van der Waals surface area contributed by atoms with Gasteiger partial charge >= 0.3 is 0 Å². The standard InChI is InChI=1S/C15H30N4/c1-6-8-18-12-17-11-15(18)10-16-7-9-19(13(2)3)14(4)5/h11-14,16H,6-10H2,1-5H3. The van der Waals surface area contributed by atoms with Crippen LogP contribution in [-0.2, 0) is 13.1 Å². The minimum absolute atomic E-state index is 0.604. The minimum Gasteiger partial charge on any atom is -0.333 e. The van der Waals surface area contributed by atoms with Gasteiger partial charge in [-0.1, -0.05) is 6.92 Å². The molecule has 0 aliphatic heterocycles. The van der Waals surface area contributed by atoms with Crippen molar-refractivity contribution in [2.75, 3.05) is 13.1 Å². The lowest BCUT2D eigenvalue weighted by molar-refractivity contribution is 0.175. The van der Waals surface area contributed by atoms with Crippen molar-refractivity contribution in [3.63, 3.8) is 0 Å². The molecule has 1 aromatic rings. The normalized spacial score (nSPS) is 12.0. The van der Waals surface area contributed by atoms with E-state index in [0.29, 0.717) is 12.1 Å². The molecule has 0 amide bonds. The van der Waals surface area contributed by atoms with Crippen molar-refractivity contribution < 1.29 is 0 Å². The third kappa shape index (κ3) is 5.33. The van der Waals surface area contributed by atoms with E-state index >= 15 is 0 Å². The Morgan fingerprint density at radius 1 is 1.26 bits per heavy atom. The average Bonchev–Trinajstić information content (AvgIpc) is 2.76. The molecule has 0 unspecified atom stereocenters. The number of imidazole rings is 1. The molecule has 4 nitrogen and oxygen atoms in total. The van der Waals surface area contributed by atoms with Gasteiger partial charge in [-0.25, -0.2) is 4.98 Å². The predicted octanol–water partition coefficient (Wildman–Crippen LogP) is 2.50. The van der Waals surface area contributed by atoms with Crippen molar-refractivity contribution in [1.29, 1.82) is 0 Å². The lowest BCUT2D eigenvalue weighted by Crippen LogP contribution is -2.41. The largest absolute Gasteiger partial charge is 0.333 e. The van der Waals surface area contributed by atoms with Gasteiger partial charge in [0.25, 0.3) is 0 Å². The van der Waals surface area contributed by atoms with E-state index in [0.717, 1.165) is 32.6 Å². The lowest BCUT2D eigenvalue weighted by atomic mass is 10.2. The van der Waals surface area contributed by atoms with Gasteiger partial charge in [0.1, 0.15) is 0 Å². The maximum Gasteiger partial charge on any atom is 0.0948 e. The van der Waals surface area contributed by atoms with Crippen LogP contribution in [0.1, 0.15) is 46.7 Å². The van der Waals surface area contributed by atoms with Crippen molar-refractivity contribution in [3.05, 3.63) is 18.2 Å². The van der Waals surface area contributed by atoms with Gasteiger partial charge in [-0.3, -0.25) is 4.90 Å².